The number of H-pyrrole nitrogens is 1. The standard InChI is InChI=1S/C14H13ClN4O3/c15-8-1-3-9(4-2-8)16-14(22)19-6-5-10-11(7-19)17-18-12(10)13(20)21/h1-4H,5-7H2,(H,16,22)(H,17,18)(H,20,21). The second kappa shape index (κ2) is 5.69. The van der Waals surface area contributed by atoms with E-state index in [-0.39, 0.29) is 11.7 Å². The minimum atomic E-state index is -1.06. The number of nitrogens with zero attached hydrogens (tertiary/aromatic N) is 2. The van der Waals surface area contributed by atoms with Crippen molar-refractivity contribution in [1.82, 2.24) is 15.1 Å². The molecule has 1 aromatic carbocycles. The van der Waals surface area contributed by atoms with Gasteiger partial charge in [-0.05, 0) is 30.7 Å². The number of carbonyl (C=O) groups excluding carboxylic acids is 1. The van der Waals surface area contributed by atoms with Crippen molar-refractivity contribution in [3.05, 3.63) is 46.2 Å². The Balaban J connectivity index is 1.70. The Morgan fingerprint density at radius 2 is 2.05 bits per heavy atom. The number of carboxylic acid groups (broad SMARTS) is 1. The van der Waals surface area contributed by atoms with Crippen molar-refractivity contribution in [1.29, 1.82) is 0 Å². The zero-order chi connectivity index (χ0) is 15.7. The summed E-state index contributed by atoms with van der Waals surface area (Å²) in [5, 5.41) is 18.9. The van der Waals surface area contributed by atoms with E-state index in [2.05, 4.69) is 15.5 Å². The molecule has 7 nitrogen and oxygen atoms in total. The Bertz CT molecular complexity index is 726. The molecule has 1 aromatic heterocycles. The molecule has 2 amide bonds. The van der Waals surface area contributed by atoms with Gasteiger partial charge in [0.1, 0.15) is 0 Å². The second-order valence-electron chi connectivity index (χ2n) is 4.94. The van der Waals surface area contributed by atoms with Crippen LogP contribution in [0.4, 0.5) is 10.5 Å². The third-order valence-corrected chi connectivity index (χ3v) is 3.77. The fourth-order valence-corrected chi connectivity index (χ4v) is 2.53. The number of aromatic carboxylic acids is 1. The number of halogens is 1. The smallest absolute Gasteiger partial charge is 0.356 e. The van der Waals surface area contributed by atoms with Crippen LogP contribution in [0, 0.1) is 0 Å². The maximum atomic E-state index is 12.2. The van der Waals surface area contributed by atoms with Crippen molar-refractivity contribution in [3.8, 4) is 0 Å². The van der Waals surface area contributed by atoms with E-state index in [1.165, 1.54) is 0 Å². The van der Waals surface area contributed by atoms with Gasteiger partial charge in [-0.1, -0.05) is 11.6 Å². The van der Waals surface area contributed by atoms with E-state index in [9.17, 15) is 9.59 Å². The third-order valence-electron chi connectivity index (χ3n) is 3.52. The number of carboxylic acids is 1. The van der Waals surface area contributed by atoms with Crippen molar-refractivity contribution < 1.29 is 14.7 Å². The van der Waals surface area contributed by atoms with E-state index in [1.54, 1.807) is 29.2 Å². The Morgan fingerprint density at radius 3 is 2.73 bits per heavy atom. The second-order valence-corrected chi connectivity index (χ2v) is 5.38. The van der Waals surface area contributed by atoms with Crippen LogP contribution in [0.1, 0.15) is 21.7 Å². The lowest BCUT2D eigenvalue weighted by atomic mass is 10.0. The van der Waals surface area contributed by atoms with Gasteiger partial charge in [-0.3, -0.25) is 5.10 Å². The highest BCUT2D eigenvalue weighted by atomic mass is 35.5. The van der Waals surface area contributed by atoms with Crippen LogP contribution in [-0.2, 0) is 13.0 Å². The molecule has 114 valence electrons. The molecule has 2 heterocycles. The first-order valence-electron chi connectivity index (χ1n) is 6.65. The highest BCUT2D eigenvalue weighted by molar-refractivity contribution is 6.30. The van der Waals surface area contributed by atoms with Crippen molar-refractivity contribution >= 4 is 29.3 Å². The maximum Gasteiger partial charge on any atom is 0.356 e. The zero-order valence-electron chi connectivity index (χ0n) is 11.5. The number of urea groups is 1. The van der Waals surface area contributed by atoms with E-state index in [0.717, 1.165) is 0 Å². The van der Waals surface area contributed by atoms with Crippen LogP contribution in [0.3, 0.4) is 0 Å². The summed E-state index contributed by atoms with van der Waals surface area (Å²) in [5.41, 5.74) is 2.02. The van der Waals surface area contributed by atoms with E-state index in [4.69, 9.17) is 16.7 Å². The van der Waals surface area contributed by atoms with Crippen LogP contribution in [-0.4, -0.2) is 38.7 Å². The van der Waals surface area contributed by atoms with Gasteiger partial charge < -0.3 is 15.3 Å². The topological polar surface area (TPSA) is 98.3 Å². The molecule has 0 fully saturated rings. The molecule has 2 aromatic rings. The third kappa shape index (κ3) is 2.75. The molecule has 1 aliphatic rings. The van der Waals surface area contributed by atoms with Crippen molar-refractivity contribution in [2.24, 2.45) is 0 Å². The summed E-state index contributed by atoms with van der Waals surface area (Å²) >= 11 is 5.80. The monoisotopic (exact) mass is 320 g/mol. The molecule has 0 unspecified atom stereocenters. The number of rotatable bonds is 2. The van der Waals surface area contributed by atoms with Gasteiger partial charge >= 0.3 is 12.0 Å². The van der Waals surface area contributed by atoms with Gasteiger partial charge in [-0.2, -0.15) is 5.10 Å². The summed E-state index contributed by atoms with van der Waals surface area (Å²) in [6.07, 6.45) is 0.460. The minimum Gasteiger partial charge on any atom is -0.476 e. The van der Waals surface area contributed by atoms with Crippen LogP contribution >= 0.6 is 11.6 Å². The van der Waals surface area contributed by atoms with Gasteiger partial charge in [-0.15, -0.1) is 0 Å². The van der Waals surface area contributed by atoms with E-state index in [1.807, 2.05) is 0 Å². The van der Waals surface area contributed by atoms with Gasteiger partial charge in [0.05, 0.1) is 12.2 Å². The zero-order valence-corrected chi connectivity index (χ0v) is 12.2. The van der Waals surface area contributed by atoms with Crippen molar-refractivity contribution in [3.63, 3.8) is 0 Å². The molecular formula is C14H13ClN4O3. The Kier molecular flexibility index (Phi) is 3.72. The predicted octanol–water partition coefficient (Wildman–Crippen LogP) is 2.35. The van der Waals surface area contributed by atoms with E-state index in [0.29, 0.717) is 41.5 Å². The number of benzene rings is 1. The number of nitrogens with one attached hydrogen (secondary N) is 2. The summed E-state index contributed by atoms with van der Waals surface area (Å²) in [6, 6.07) is 6.57. The first-order valence-corrected chi connectivity index (χ1v) is 7.03. The maximum absolute atomic E-state index is 12.2. The van der Waals surface area contributed by atoms with Gasteiger partial charge in [0.15, 0.2) is 5.69 Å². The highest BCUT2D eigenvalue weighted by Gasteiger charge is 2.27. The van der Waals surface area contributed by atoms with Crippen LogP contribution in [0.5, 0.6) is 0 Å². The predicted molar refractivity (Wildman–Crippen MR) is 80.1 cm³/mol. The first-order chi connectivity index (χ1) is 10.5. The summed E-state index contributed by atoms with van der Waals surface area (Å²) in [4.78, 5) is 24.9. The van der Waals surface area contributed by atoms with Gasteiger partial charge in [0.25, 0.3) is 0 Å². The van der Waals surface area contributed by atoms with Crippen LogP contribution < -0.4 is 5.32 Å². The fourth-order valence-electron chi connectivity index (χ4n) is 2.40. The normalized spacial score (nSPS) is 13.6. The van der Waals surface area contributed by atoms with Gasteiger partial charge in [0, 0.05) is 22.8 Å². The lowest BCUT2D eigenvalue weighted by Crippen LogP contribution is -2.39. The molecule has 3 N–H and O–H groups in total. The Labute approximate surface area is 130 Å². The molecule has 0 saturated heterocycles. The number of hydrogen-bond acceptors (Lipinski definition) is 3. The van der Waals surface area contributed by atoms with E-state index < -0.39 is 5.97 Å². The number of aromatic amines is 1. The summed E-state index contributed by atoms with van der Waals surface area (Å²) < 4.78 is 0. The van der Waals surface area contributed by atoms with Crippen molar-refractivity contribution in [2.75, 3.05) is 11.9 Å². The molecule has 0 bridgehead atoms. The molecule has 1 aliphatic heterocycles. The lowest BCUT2D eigenvalue weighted by Gasteiger charge is -2.26. The van der Waals surface area contributed by atoms with Gasteiger partial charge in [-0.25, -0.2) is 9.59 Å². The number of fused-ring (bicyclic) bond motifs is 1. The molecule has 0 atom stereocenters. The summed E-state index contributed by atoms with van der Waals surface area (Å²) in [5.74, 6) is -1.06. The number of aromatic nitrogens is 2. The minimum absolute atomic E-state index is 0.0350. The van der Waals surface area contributed by atoms with Crippen molar-refractivity contribution in [2.45, 2.75) is 13.0 Å². The largest absolute Gasteiger partial charge is 0.476 e. The highest BCUT2D eigenvalue weighted by Crippen LogP contribution is 2.21. The molecule has 22 heavy (non-hydrogen) atoms. The Morgan fingerprint density at radius 1 is 1.32 bits per heavy atom. The van der Waals surface area contributed by atoms with Crippen LogP contribution in [0.2, 0.25) is 5.02 Å². The van der Waals surface area contributed by atoms with Crippen LogP contribution in [0.15, 0.2) is 24.3 Å². The molecule has 0 radical (unpaired) electrons. The lowest BCUT2D eigenvalue weighted by molar-refractivity contribution is 0.0689. The molecule has 8 heteroatoms. The fraction of sp³-hybridized carbons (Fsp3) is 0.214. The average molecular weight is 321 g/mol. The summed E-state index contributed by atoms with van der Waals surface area (Å²) in [7, 11) is 0. The number of anilines is 1. The molecule has 0 aliphatic carbocycles. The summed E-state index contributed by atoms with van der Waals surface area (Å²) in [6.45, 7) is 0.737. The van der Waals surface area contributed by atoms with Gasteiger partial charge in [0.2, 0.25) is 0 Å². The number of carbonyl (C=O) groups is 2. The van der Waals surface area contributed by atoms with E-state index >= 15 is 0 Å². The molecule has 0 saturated carbocycles. The molecular weight excluding hydrogens is 308 g/mol. The first kappa shape index (κ1) is 14.4. The SMILES string of the molecule is O=C(O)c1n[nH]c2c1CCN(C(=O)Nc1ccc(Cl)cc1)C2. The quantitative estimate of drug-likeness (QED) is 0.791. The molecule has 3 rings (SSSR count). The average Bonchev–Trinajstić information content (AvgIpc) is 2.92. The number of amides is 2. The van der Waals surface area contributed by atoms with Crippen LogP contribution in [0.25, 0.3) is 0 Å². The number of hydrogen-bond donors (Lipinski definition) is 3. The Hall–Kier alpha value is -2.54. The molecule has 0 spiro atoms.